The third-order valence-electron chi connectivity index (χ3n) is 5.23. The molecule has 0 aromatic heterocycles. The van der Waals surface area contributed by atoms with E-state index in [-0.39, 0.29) is 17.5 Å². The van der Waals surface area contributed by atoms with Crippen LogP contribution in [0.25, 0.3) is 0 Å². The van der Waals surface area contributed by atoms with E-state index >= 15 is 0 Å². The molecule has 0 fully saturated rings. The van der Waals surface area contributed by atoms with Gasteiger partial charge in [0.1, 0.15) is 5.75 Å². The van der Waals surface area contributed by atoms with Crippen LogP contribution in [0.2, 0.25) is 0 Å². The molecule has 0 radical (unpaired) electrons. The smallest absolute Gasteiger partial charge is 0.168 e. The van der Waals surface area contributed by atoms with Gasteiger partial charge in [-0.25, -0.2) is 0 Å². The Kier molecular flexibility index (Phi) is 2.14. The van der Waals surface area contributed by atoms with Gasteiger partial charge >= 0.3 is 0 Å². The quantitative estimate of drug-likeness (QED) is 0.735. The van der Waals surface area contributed by atoms with E-state index in [1.54, 1.807) is 7.11 Å². The third kappa shape index (κ3) is 1.17. The fourth-order valence-corrected chi connectivity index (χ4v) is 4.22. The highest BCUT2D eigenvalue weighted by atomic mass is 16.5. The minimum atomic E-state index is -0.598. The van der Waals surface area contributed by atoms with Crippen molar-refractivity contribution in [3.8, 4) is 5.75 Å². The Bertz CT molecular complexity index is 698. The Hall–Kier alpha value is -1.90. The molecule has 0 saturated carbocycles. The van der Waals surface area contributed by atoms with Gasteiger partial charge in [0, 0.05) is 12.3 Å². The van der Waals surface area contributed by atoms with Crippen molar-refractivity contribution in [2.75, 3.05) is 7.11 Å². The van der Waals surface area contributed by atoms with Crippen molar-refractivity contribution in [3.63, 3.8) is 0 Å². The number of methoxy groups -OCH3 is 1. The number of fused-ring (bicyclic) bond motifs is 1. The van der Waals surface area contributed by atoms with Gasteiger partial charge in [0.05, 0.1) is 18.1 Å². The van der Waals surface area contributed by atoms with Crippen LogP contribution in [-0.4, -0.2) is 18.7 Å². The zero-order valence-electron chi connectivity index (χ0n) is 11.7. The molecule has 0 N–H and O–H groups in total. The van der Waals surface area contributed by atoms with Crippen molar-refractivity contribution >= 4 is 11.6 Å². The number of hydrogen-bond acceptors (Lipinski definition) is 3. The Labute approximate surface area is 117 Å². The molecule has 0 saturated heterocycles. The first kappa shape index (κ1) is 11.9. The van der Waals surface area contributed by atoms with Gasteiger partial charge in [0.25, 0.3) is 0 Å². The predicted molar refractivity (Wildman–Crippen MR) is 74.2 cm³/mol. The van der Waals surface area contributed by atoms with Crippen LogP contribution in [0.4, 0.5) is 0 Å². The topological polar surface area (TPSA) is 43.4 Å². The summed E-state index contributed by atoms with van der Waals surface area (Å²) in [6, 6.07) is 3.90. The molecule has 2 bridgehead atoms. The van der Waals surface area contributed by atoms with Gasteiger partial charge in [-0.15, -0.1) is 0 Å². The number of carbonyl (C=O) groups is 2. The molecule has 1 aromatic rings. The first-order valence-electron chi connectivity index (χ1n) is 7.03. The fraction of sp³-hybridized carbons (Fsp3) is 0.412. The Morgan fingerprint density at radius 2 is 2.10 bits per heavy atom. The average Bonchev–Trinajstić information content (AvgIpc) is 2.74. The highest BCUT2D eigenvalue weighted by Gasteiger charge is 2.56. The van der Waals surface area contributed by atoms with E-state index in [9.17, 15) is 9.59 Å². The Morgan fingerprint density at radius 3 is 2.85 bits per heavy atom. The van der Waals surface area contributed by atoms with Gasteiger partial charge in [-0.3, -0.25) is 9.59 Å². The van der Waals surface area contributed by atoms with Gasteiger partial charge < -0.3 is 4.74 Å². The van der Waals surface area contributed by atoms with Crippen LogP contribution in [-0.2, 0) is 16.6 Å². The van der Waals surface area contributed by atoms with E-state index in [1.807, 2.05) is 19.1 Å². The molecule has 3 heteroatoms. The van der Waals surface area contributed by atoms with Crippen molar-refractivity contribution < 1.29 is 14.3 Å². The van der Waals surface area contributed by atoms with Gasteiger partial charge in [-0.1, -0.05) is 17.7 Å². The summed E-state index contributed by atoms with van der Waals surface area (Å²) in [5.41, 5.74) is 3.34. The molecule has 0 amide bonds. The summed E-state index contributed by atoms with van der Waals surface area (Å²) in [5.74, 6) is 0.873. The summed E-state index contributed by atoms with van der Waals surface area (Å²) in [6.45, 7) is 2.03. The molecule has 0 heterocycles. The first-order chi connectivity index (χ1) is 9.58. The van der Waals surface area contributed by atoms with E-state index in [1.165, 1.54) is 0 Å². The largest absolute Gasteiger partial charge is 0.496 e. The fourth-order valence-electron chi connectivity index (χ4n) is 4.22. The lowest BCUT2D eigenvalue weighted by Gasteiger charge is -2.41. The molecule has 0 aliphatic heterocycles. The summed E-state index contributed by atoms with van der Waals surface area (Å²) in [4.78, 5) is 25.3. The lowest BCUT2D eigenvalue weighted by atomic mass is 9.60. The molecule has 3 aliphatic rings. The summed E-state index contributed by atoms with van der Waals surface area (Å²) in [7, 11) is 1.58. The number of ketones is 2. The highest BCUT2D eigenvalue weighted by Crippen LogP contribution is 2.54. The van der Waals surface area contributed by atoms with Crippen molar-refractivity contribution in [3.05, 3.63) is 40.5 Å². The van der Waals surface area contributed by atoms with Gasteiger partial charge in [-0.2, -0.15) is 0 Å². The Balaban J connectivity index is 2.06. The number of carbonyl (C=O) groups excluding carboxylic acids is 2. The molecular weight excluding hydrogens is 252 g/mol. The summed E-state index contributed by atoms with van der Waals surface area (Å²) < 4.78 is 5.34. The minimum absolute atomic E-state index is 0.0385. The molecule has 3 nitrogen and oxygen atoms in total. The van der Waals surface area contributed by atoms with Gasteiger partial charge in [-0.05, 0) is 37.0 Å². The number of benzene rings is 1. The second-order valence-electron chi connectivity index (χ2n) is 6.13. The van der Waals surface area contributed by atoms with E-state index in [0.29, 0.717) is 24.2 Å². The van der Waals surface area contributed by atoms with Gasteiger partial charge in [0.2, 0.25) is 0 Å². The summed E-state index contributed by atoms with van der Waals surface area (Å²) >= 11 is 0. The zero-order chi connectivity index (χ0) is 14.1. The molecule has 2 atom stereocenters. The van der Waals surface area contributed by atoms with Crippen LogP contribution >= 0.6 is 0 Å². The molecule has 102 valence electrons. The third-order valence-corrected chi connectivity index (χ3v) is 5.23. The Morgan fingerprint density at radius 1 is 1.30 bits per heavy atom. The molecule has 0 unspecified atom stereocenters. The number of hydrogen-bond donors (Lipinski definition) is 0. The summed E-state index contributed by atoms with van der Waals surface area (Å²) in [5, 5.41) is 0. The van der Waals surface area contributed by atoms with Crippen LogP contribution in [0, 0.1) is 5.92 Å². The number of Topliss-reactive ketones (excluding diaryl/α,β-unsaturated/α-hetero) is 2. The second-order valence-corrected chi connectivity index (χ2v) is 6.13. The lowest BCUT2D eigenvalue weighted by Crippen LogP contribution is -2.46. The standard InChI is InChI=1S/C17H16O3/c1-9-5-6-17-8-12(18)14-13(20-2)4-3-10(15(14)17)7-11(9)16(17)19/h3-5,11H,6-8H2,1-2H3/t11-,17+/m1/s1. The maximum absolute atomic E-state index is 12.9. The normalized spacial score (nSPS) is 30.1. The molecule has 1 aromatic carbocycles. The lowest BCUT2D eigenvalue weighted by molar-refractivity contribution is -0.128. The van der Waals surface area contributed by atoms with Crippen molar-refractivity contribution in [2.45, 2.75) is 31.6 Å². The molecular formula is C17H16O3. The molecule has 1 spiro atoms. The van der Waals surface area contributed by atoms with E-state index in [4.69, 9.17) is 4.74 Å². The first-order valence-corrected chi connectivity index (χ1v) is 7.03. The van der Waals surface area contributed by atoms with Crippen molar-refractivity contribution in [2.24, 2.45) is 5.92 Å². The summed E-state index contributed by atoms with van der Waals surface area (Å²) in [6.07, 6.45) is 3.85. The SMILES string of the molecule is COc1ccc2c3c1C(=O)C[C@@]31CC=C(C)[C@@H](C2)C1=O. The van der Waals surface area contributed by atoms with Crippen molar-refractivity contribution in [1.82, 2.24) is 0 Å². The maximum atomic E-state index is 12.9. The molecule has 3 aliphatic carbocycles. The van der Waals surface area contributed by atoms with E-state index in [2.05, 4.69) is 6.08 Å². The second kappa shape index (κ2) is 3.60. The zero-order valence-corrected chi connectivity index (χ0v) is 11.7. The minimum Gasteiger partial charge on any atom is -0.496 e. The van der Waals surface area contributed by atoms with Crippen LogP contribution in [0.15, 0.2) is 23.8 Å². The van der Waals surface area contributed by atoms with Crippen LogP contribution < -0.4 is 4.74 Å². The van der Waals surface area contributed by atoms with Gasteiger partial charge in [0.15, 0.2) is 11.6 Å². The molecule has 4 rings (SSSR count). The highest BCUT2D eigenvalue weighted by molar-refractivity contribution is 6.13. The molecule has 20 heavy (non-hydrogen) atoms. The van der Waals surface area contributed by atoms with Crippen molar-refractivity contribution in [1.29, 1.82) is 0 Å². The van der Waals surface area contributed by atoms with Crippen LogP contribution in [0.5, 0.6) is 5.75 Å². The maximum Gasteiger partial charge on any atom is 0.168 e. The van der Waals surface area contributed by atoms with Crippen LogP contribution in [0.1, 0.15) is 41.3 Å². The number of rotatable bonds is 1. The van der Waals surface area contributed by atoms with E-state index < -0.39 is 5.41 Å². The van der Waals surface area contributed by atoms with Crippen LogP contribution in [0.3, 0.4) is 0 Å². The monoisotopic (exact) mass is 268 g/mol. The van der Waals surface area contributed by atoms with E-state index in [0.717, 1.165) is 23.1 Å². The average molecular weight is 268 g/mol. The number of ether oxygens (including phenoxy) is 1. The predicted octanol–water partition coefficient (Wildman–Crippen LogP) is 2.61. The number of allylic oxidation sites excluding steroid dienone is 2.